The van der Waals surface area contributed by atoms with Crippen molar-refractivity contribution in [2.45, 2.75) is 40.7 Å². The lowest BCUT2D eigenvalue weighted by atomic mass is 10.2. The maximum atomic E-state index is 12.4. The topological polar surface area (TPSA) is 77.1 Å². The van der Waals surface area contributed by atoms with Crippen LogP contribution >= 0.6 is 0 Å². The Hall–Kier alpha value is -2.70. The van der Waals surface area contributed by atoms with Crippen LogP contribution in [0.5, 0.6) is 0 Å². The van der Waals surface area contributed by atoms with Gasteiger partial charge in [0.1, 0.15) is 0 Å². The van der Waals surface area contributed by atoms with Crippen molar-refractivity contribution >= 4 is 17.4 Å². The Morgan fingerprint density at radius 2 is 2.00 bits per heavy atom. The number of fused-ring (bicyclic) bond motifs is 1. The van der Waals surface area contributed by atoms with Crippen molar-refractivity contribution in [2.75, 3.05) is 5.32 Å². The maximum Gasteiger partial charge on any atom is 0.260 e. The van der Waals surface area contributed by atoms with E-state index in [9.17, 15) is 4.79 Å². The molecule has 120 valence electrons. The minimum Gasteiger partial charge on any atom is -0.305 e. The molecule has 1 N–H and O–H groups in total. The Bertz CT molecular complexity index is 876. The van der Waals surface area contributed by atoms with Gasteiger partial charge in [-0.3, -0.25) is 9.48 Å². The van der Waals surface area contributed by atoms with Gasteiger partial charge < -0.3 is 5.32 Å². The second-order valence-corrected chi connectivity index (χ2v) is 5.68. The van der Waals surface area contributed by atoms with E-state index in [0.717, 1.165) is 30.0 Å². The Morgan fingerprint density at radius 1 is 1.22 bits per heavy atom. The molecule has 0 aromatic carbocycles. The van der Waals surface area contributed by atoms with Gasteiger partial charge in [0.05, 0.1) is 11.3 Å². The summed E-state index contributed by atoms with van der Waals surface area (Å²) in [5.74, 6) is 0.279. The molecule has 0 radical (unpaired) electrons. The van der Waals surface area contributed by atoms with Crippen LogP contribution < -0.4 is 5.32 Å². The summed E-state index contributed by atoms with van der Waals surface area (Å²) in [5, 5.41) is 11.6. The van der Waals surface area contributed by atoms with Crippen LogP contribution in [0.2, 0.25) is 0 Å². The summed E-state index contributed by atoms with van der Waals surface area (Å²) in [6.45, 7) is 8.60. The van der Waals surface area contributed by atoms with E-state index in [1.807, 2.05) is 26.8 Å². The van der Waals surface area contributed by atoms with Crippen LogP contribution in [0.3, 0.4) is 0 Å². The summed E-state index contributed by atoms with van der Waals surface area (Å²) in [7, 11) is 0. The molecule has 3 aromatic rings. The summed E-state index contributed by atoms with van der Waals surface area (Å²) in [6, 6.07) is 3.72. The van der Waals surface area contributed by atoms with Crippen molar-refractivity contribution in [1.82, 2.24) is 24.4 Å². The standard InChI is InChI=1S/C16H20N6O/c1-5-6-21-9-13(12(4)19-21)16(23)18-14-8-15-17-10(2)7-11(3)22(15)20-14/h7-9H,5-6H2,1-4H3,(H,18,20,23). The van der Waals surface area contributed by atoms with E-state index in [0.29, 0.717) is 17.1 Å². The molecule has 0 bridgehead atoms. The van der Waals surface area contributed by atoms with E-state index >= 15 is 0 Å². The van der Waals surface area contributed by atoms with Crippen molar-refractivity contribution in [3.63, 3.8) is 0 Å². The number of nitrogens with one attached hydrogen (secondary N) is 1. The summed E-state index contributed by atoms with van der Waals surface area (Å²) in [5.41, 5.74) is 3.89. The number of aromatic nitrogens is 5. The molecule has 0 aliphatic heterocycles. The third kappa shape index (κ3) is 2.94. The van der Waals surface area contributed by atoms with Gasteiger partial charge >= 0.3 is 0 Å². The first kappa shape index (κ1) is 15.2. The van der Waals surface area contributed by atoms with Gasteiger partial charge in [-0.05, 0) is 33.3 Å². The van der Waals surface area contributed by atoms with Crippen molar-refractivity contribution in [1.29, 1.82) is 0 Å². The Labute approximate surface area is 134 Å². The first-order chi connectivity index (χ1) is 11.0. The van der Waals surface area contributed by atoms with Gasteiger partial charge in [0.15, 0.2) is 11.5 Å². The van der Waals surface area contributed by atoms with Crippen molar-refractivity contribution < 1.29 is 4.79 Å². The summed E-state index contributed by atoms with van der Waals surface area (Å²) < 4.78 is 3.51. The minimum absolute atomic E-state index is 0.206. The van der Waals surface area contributed by atoms with Gasteiger partial charge in [-0.25, -0.2) is 9.50 Å². The molecule has 3 aromatic heterocycles. The number of carbonyl (C=O) groups is 1. The van der Waals surface area contributed by atoms with Gasteiger partial charge in [0.25, 0.3) is 5.91 Å². The fourth-order valence-corrected chi connectivity index (χ4v) is 2.62. The van der Waals surface area contributed by atoms with E-state index in [2.05, 4.69) is 27.4 Å². The lowest BCUT2D eigenvalue weighted by Gasteiger charge is -2.00. The van der Waals surface area contributed by atoms with Crippen LogP contribution in [-0.2, 0) is 6.54 Å². The molecular formula is C16H20N6O. The zero-order valence-corrected chi connectivity index (χ0v) is 13.8. The highest BCUT2D eigenvalue weighted by atomic mass is 16.1. The third-order valence-electron chi connectivity index (χ3n) is 3.62. The number of nitrogens with zero attached hydrogens (tertiary/aromatic N) is 5. The zero-order chi connectivity index (χ0) is 16.6. The molecule has 0 spiro atoms. The monoisotopic (exact) mass is 312 g/mol. The van der Waals surface area contributed by atoms with Gasteiger partial charge in [-0.15, -0.1) is 5.10 Å². The van der Waals surface area contributed by atoms with Crippen LogP contribution in [0.25, 0.3) is 5.65 Å². The van der Waals surface area contributed by atoms with E-state index < -0.39 is 0 Å². The first-order valence-electron chi connectivity index (χ1n) is 7.67. The highest BCUT2D eigenvalue weighted by molar-refractivity contribution is 6.04. The number of hydrogen-bond acceptors (Lipinski definition) is 4. The predicted molar refractivity (Wildman–Crippen MR) is 87.7 cm³/mol. The van der Waals surface area contributed by atoms with Gasteiger partial charge in [-0.2, -0.15) is 5.10 Å². The van der Waals surface area contributed by atoms with E-state index in [1.165, 1.54) is 0 Å². The summed E-state index contributed by atoms with van der Waals surface area (Å²) >= 11 is 0. The Kier molecular flexibility index (Phi) is 3.85. The van der Waals surface area contributed by atoms with Gasteiger partial charge in [0.2, 0.25) is 0 Å². The van der Waals surface area contributed by atoms with Crippen LogP contribution in [0.4, 0.5) is 5.82 Å². The number of carbonyl (C=O) groups excluding carboxylic acids is 1. The second kappa shape index (κ2) is 5.83. The van der Waals surface area contributed by atoms with Crippen LogP contribution in [0, 0.1) is 20.8 Å². The molecule has 7 nitrogen and oxygen atoms in total. The Balaban J connectivity index is 1.87. The third-order valence-corrected chi connectivity index (χ3v) is 3.62. The molecule has 7 heteroatoms. The summed E-state index contributed by atoms with van der Waals surface area (Å²) in [4.78, 5) is 16.9. The molecule has 0 unspecified atom stereocenters. The number of amides is 1. The molecule has 23 heavy (non-hydrogen) atoms. The highest BCUT2D eigenvalue weighted by Crippen LogP contribution is 2.14. The molecule has 1 amide bonds. The smallest absolute Gasteiger partial charge is 0.260 e. The average Bonchev–Trinajstić information content (AvgIpc) is 3.02. The lowest BCUT2D eigenvalue weighted by molar-refractivity contribution is 0.102. The predicted octanol–water partition coefficient (Wildman–Crippen LogP) is 2.51. The number of anilines is 1. The van der Waals surface area contributed by atoms with E-state index in [-0.39, 0.29) is 5.91 Å². The average molecular weight is 312 g/mol. The largest absolute Gasteiger partial charge is 0.305 e. The van der Waals surface area contributed by atoms with Gasteiger partial charge in [-0.1, -0.05) is 6.92 Å². The van der Waals surface area contributed by atoms with E-state index in [1.54, 1.807) is 21.5 Å². The summed E-state index contributed by atoms with van der Waals surface area (Å²) in [6.07, 6.45) is 2.75. The van der Waals surface area contributed by atoms with Crippen LogP contribution in [0.1, 0.15) is 40.8 Å². The highest BCUT2D eigenvalue weighted by Gasteiger charge is 2.15. The molecule has 0 aliphatic rings. The lowest BCUT2D eigenvalue weighted by Crippen LogP contribution is -2.13. The fraction of sp³-hybridized carbons (Fsp3) is 0.375. The molecule has 3 rings (SSSR count). The maximum absolute atomic E-state index is 12.4. The van der Waals surface area contributed by atoms with Crippen molar-refractivity contribution in [3.05, 3.63) is 41.0 Å². The molecule has 0 saturated carbocycles. The first-order valence-corrected chi connectivity index (χ1v) is 7.67. The fourth-order valence-electron chi connectivity index (χ4n) is 2.62. The van der Waals surface area contributed by atoms with Crippen molar-refractivity contribution in [3.8, 4) is 0 Å². The quantitative estimate of drug-likeness (QED) is 0.803. The van der Waals surface area contributed by atoms with Crippen LogP contribution in [-0.4, -0.2) is 30.3 Å². The molecule has 3 heterocycles. The number of hydrogen-bond donors (Lipinski definition) is 1. The molecule has 0 atom stereocenters. The Morgan fingerprint density at radius 3 is 2.74 bits per heavy atom. The molecule has 0 saturated heterocycles. The molecular weight excluding hydrogens is 292 g/mol. The minimum atomic E-state index is -0.206. The molecule has 0 aliphatic carbocycles. The van der Waals surface area contributed by atoms with Crippen molar-refractivity contribution in [2.24, 2.45) is 0 Å². The zero-order valence-electron chi connectivity index (χ0n) is 13.8. The normalized spacial score (nSPS) is 11.1. The SMILES string of the molecule is CCCn1cc(C(=O)Nc2cc3nc(C)cc(C)n3n2)c(C)n1. The van der Waals surface area contributed by atoms with Gasteiger partial charge in [0, 0.05) is 30.2 Å². The van der Waals surface area contributed by atoms with E-state index in [4.69, 9.17) is 0 Å². The number of aryl methyl sites for hydroxylation is 4. The van der Waals surface area contributed by atoms with Crippen LogP contribution in [0.15, 0.2) is 18.3 Å². The second-order valence-electron chi connectivity index (χ2n) is 5.68. The molecule has 0 fully saturated rings. The number of rotatable bonds is 4.